The molecular weight excluding hydrogens is 350 g/mol. The molecule has 0 bridgehead atoms. The molecule has 2 aromatic heterocycles. The molecule has 7 nitrogen and oxygen atoms in total. The lowest BCUT2D eigenvalue weighted by atomic mass is 9.92. The Morgan fingerprint density at radius 1 is 1.35 bits per heavy atom. The summed E-state index contributed by atoms with van der Waals surface area (Å²) in [5, 5.41) is 12.4. The van der Waals surface area contributed by atoms with Gasteiger partial charge >= 0.3 is 0 Å². The summed E-state index contributed by atoms with van der Waals surface area (Å²) < 4.78 is 7.59. The number of carbonyl (C=O) groups is 1. The number of hydrogen-bond donors (Lipinski definition) is 1. The predicted molar refractivity (Wildman–Crippen MR) is 102 cm³/mol. The summed E-state index contributed by atoms with van der Waals surface area (Å²) in [4.78, 5) is 14.1. The molecular formula is C18H27N5O2S. The van der Waals surface area contributed by atoms with E-state index in [4.69, 9.17) is 4.42 Å². The number of anilines is 1. The number of carbonyl (C=O) groups excluding carboxylic acids is 1. The Balaban J connectivity index is 1.82. The Kier molecular flexibility index (Phi) is 6.24. The summed E-state index contributed by atoms with van der Waals surface area (Å²) in [6.45, 7) is 9.61. The first-order valence-electron chi connectivity index (χ1n) is 9.16. The van der Waals surface area contributed by atoms with Crippen molar-refractivity contribution in [2.45, 2.75) is 38.9 Å². The van der Waals surface area contributed by atoms with Gasteiger partial charge < -0.3 is 14.6 Å². The van der Waals surface area contributed by atoms with Gasteiger partial charge in [0.1, 0.15) is 5.76 Å². The van der Waals surface area contributed by atoms with E-state index in [-0.39, 0.29) is 5.91 Å². The van der Waals surface area contributed by atoms with Gasteiger partial charge in [-0.15, -0.1) is 10.2 Å². The lowest BCUT2D eigenvalue weighted by Crippen LogP contribution is -2.40. The molecule has 142 valence electrons. The van der Waals surface area contributed by atoms with Crippen LogP contribution in [0.5, 0.6) is 0 Å². The largest absolute Gasteiger partial charge is 0.467 e. The second-order valence-electron chi connectivity index (χ2n) is 7.04. The molecule has 3 heterocycles. The molecule has 2 atom stereocenters. The van der Waals surface area contributed by atoms with Crippen molar-refractivity contribution in [3.63, 3.8) is 0 Å². The highest BCUT2D eigenvalue weighted by atomic mass is 32.2. The second kappa shape index (κ2) is 8.62. The number of hydrogen-bond acceptors (Lipinski definition) is 6. The first-order chi connectivity index (χ1) is 12.6. The minimum absolute atomic E-state index is 0.00631. The molecule has 2 unspecified atom stereocenters. The van der Waals surface area contributed by atoms with Gasteiger partial charge in [-0.3, -0.25) is 9.36 Å². The smallest absolute Gasteiger partial charge is 0.230 e. The fourth-order valence-corrected chi connectivity index (χ4v) is 4.29. The average Bonchev–Trinajstić information content (AvgIpc) is 3.23. The third kappa shape index (κ3) is 4.60. The molecule has 1 saturated heterocycles. The van der Waals surface area contributed by atoms with Crippen molar-refractivity contribution in [1.82, 2.24) is 20.1 Å². The number of nitrogens with one attached hydrogen (secondary N) is 1. The van der Waals surface area contributed by atoms with E-state index in [9.17, 15) is 4.79 Å². The topological polar surface area (TPSA) is 76.2 Å². The van der Waals surface area contributed by atoms with E-state index in [0.717, 1.165) is 30.0 Å². The van der Waals surface area contributed by atoms with Crippen LogP contribution in [-0.2, 0) is 11.3 Å². The molecule has 8 heteroatoms. The molecule has 1 N–H and O–H groups in total. The summed E-state index contributed by atoms with van der Waals surface area (Å²) >= 11 is 1.41. The minimum Gasteiger partial charge on any atom is -0.467 e. The van der Waals surface area contributed by atoms with Crippen molar-refractivity contribution in [3.8, 4) is 0 Å². The van der Waals surface area contributed by atoms with Gasteiger partial charge in [-0.25, -0.2) is 0 Å². The van der Waals surface area contributed by atoms with E-state index >= 15 is 0 Å². The van der Waals surface area contributed by atoms with Gasteiger partial charge in [0.05, 0.1) is 18.6 Å². The summed E-state index contributed by atoms with van der Waals surface area (Å²) in [7, 11) is 0. The lowest BCUT2D eigenvalue weighted by molar-refractivity contribution is -0.118. The van der Waals surface area contributed by atoms with E-state index in [2.05, 4.69) is 38.8 Å². The van der Waals surface area contributed by atoms with Gasteiger partial charge in [0.15, 0.2) is 5.16 Å². The van der Waals surface area contributed by atoms with Crippen LogP contribution >= 0.6 is 11.8 Å². The third-order valence-electron chi connectivity index (χ3n) is 4.45. The number of piperidine rings is 1. The molecule has 1 amide bonds. The molecule has 1 aliphatic heterocycles. The quantitative estimate of drug-likeness (QED) is 0.748. The molecule has 0 saturated carbocycles. The molecule has 0 aliphatic carbocycles. The molecule has 0 aromatic carbocycles. The van der Waals surface area contributed by atoms with Gasteiger partial charge in [0.2, 0.25) is 11.9 Å². The summed E-state index contributed by atoms with van der Waals surface area (Å²) in [5.41, 5.74) is 0. The van der Waals surface area contributed by atoms with Crippen molar-refractivity contribution in [2.24, 2.45) is 11.8 Å². The van der Waals surface area contributed by atoms with Crippen molar-refractivity contribution >= 4 is 23.6 Å². The normalized spacial score (nSPS) is 20.3. The highest BCUT2D eigenvalue weighted by Gasteiger charge is 2.27. The highest BCUT2D eigenvalue weighted by Crippen LogP contribution is 2.28. The SMILES string of the molecule is CCNC(=O)CSc1nnc(N2CC(C)CC(C)C2)n1Cc1ccco1. The van der Waals surface area contributed by atoms with Gasteiger partial charge in [0, 0.05) is 19.6 Å². The number of rotatable bonds is 7. The van der Waals surface area contributed by atoms with E-state index in [0.29, 0.717) is 30.7 Å². The molecule has 3 rings (SSSR count). The molecule has 0 radical (unpaired) electrons. The number of furan rings is 1. The average molecular weight is 378 g/mol. The second-order valence-corrected chi connectivity index (χ2v) is 7.98. The van der Waals surface area contributed by atoms with Crippen LogP contribution in [0.1, 0.15) is 33.0 Å². The lowest BCUT2D eigenvalue weighted by Gasteiger charge is -2.35. The summed E-state index contributed by atoms with van der Waals surface area (Å²) in [5.74, 6) is 3.30. The first-order valence-corrected chi connectivity index (χ1v) is 10.1. The van der Waals surface area contributed by atoms with Crippen molar-refractivity contribution in [1.29, 1.82) is 0 Å². The van der Waals surface area contributed by atoms with Gasteiger partial charge in [-0.2, -0.15) is 0 Å². The van der Waals surface area contributed by atoms with Crippen molar-refractivity contribution in [2.75, 3.05) is 30.3 Å². The van der Waals surface area contributed by atoms with Crippen LogP contribution in [0.15, 0.2) is 28.0 Å². The summed E-state index contributed by atoms with van der Waals surface area (Å²) in [6.07, 6.45) is 2.91. The van der Waals surface area contributed by atoms with Crippen LogP contribution < -0.4 is 10.2 Å². The Labute approximate surface area is 158 Å². The zero-order valence-electron chi connectivity index (χ0n) is 15.6. The Morgan fingerprint density at radius 3 is 2.77 bits per heavy atom. The van der Waals surface area contributed by atoms with E-state index in [1.807, 2.05) is 19.1 Å². The zero-order chi connectivity index (χ0) is 18.5. The fraction of sp³-hybridized carbons (Fsp3) is 0.611. The molecule has 0 spiro atoms. The Hall–Kier alpha value is -1.96. The fourth-order valence-electron chi connectivity index (χ4n) is 3.52. The molecule has 1 aliphatic rings. The van der Waals surface area contributed by atoms with Gasteiger partial charge in [-0.05, 0) is 37.3 Å². The first kappa shape index (κ1) is 18.8. The molecule has 1 fully saturated rings. The van der Waals surface area contributed by atoms with Crippen molar-refractivity contribution < 1.29 is 9.21 Å². The van der Waals surface area contributed by atoms with Crippen LogP contribution in [0.4, 0.5) is 5.95 Å². The third-order valence-corrected chi connectivity index (χ3v) is 5.42. The zero-order valence-corrected chi connectivity index (χ0v) is 16.5. The number of amides is 1. The summed E-state index contributed by atoms with van der Waals surface area (Å²) in [6, 6.07) is 3.83. The van der Waals surface area contributed by atoms with E-state index in [1.54, 1.807) is 6.26 Å². The van der Waals surface area contributed by atoms with Crippen molar-refractivity contribution in [3.05, 3.63) is 24.2 Å². The highest BCUT2D eigenvalue weighted by molar-refractivity contribution is 7.99. The minimum atomic E-state index is 0.00631. The maximum atomic E-state index is 11.8. The van der Waals surface area contributed by atoms with E-state index < -0.39 is 0 Å². The van der Waals surface area contributed by atoms with E-state index in [1.165, 1.54) is 18.2 Å². The number of aromatic nitrogens is 3. The molecule has 26 heavy (non-hydrogen) atoms. The molecule has 2 aromatic rings. The maximum Gasteiger partial charge on any atom is 0.230 e. The Bertz CT molecular complexity index is 705. The maximum absolute atomic E-state index is 11.8. The van der Waals surface area contributed by atoms with Crippen LogP contribution in [0, 0.1) is 11.8 Å². The number of nitrogens with zero attached hydrogens (tertiary/aromatic N) is 4. The van der Waals surface area contributed by atoms with Gasteiger partial charge in [0.25, 0.3) is 0 Å². The number of thioether (sulfide) groups is 1. The van der Waals surface area contributed by atoms with Crippen LogP contribution in [0.3, 0.4) is 0 Å². The van der Waals surface area contributed by atoms with Crippen LogP contribution in [0.2, 0.25) is 0 Å². The van der Waals surface area contributed by atoms with Crippen LogP contribution in [-0.4, -0.2) is 46.1 Å². The van der Waals surface area contributed by atoms with Gasteiger partial charge in [-0.1, -0.05) is 25.6 Å². The standard InChI is InChI=1S/C18H27N5O2S/c1-4-19-16(24)12-26-18-21-20-17(22-9-13(2)8-14(3)10-22)23(18)11-15-6-5-7-25-15/h5-7,13-14H,4,8-12H2,1-3H3,(H,19,24). The monoisotopic (exact) mass is 377 g/mol. The van der Waals surface area contributed by atoms with Crippen LogP contribution in [0.25, 0.3) is 0 Å². The Morgan fingerprint density at radius 2 is 2.12 bits per heavy atom. The predicted octanol–water partition coefficient (Wildman–Crippen LogP) is 2.63.